The zero-order valence-electron chi connectivity index (χ0n) is 11.2. The molecule has 2 aliphatic heterocycles. The van der Waals surface area contributed by atoms with Gasteiger partial charge in [0.25, 0.3) is 0 Å². The van der Waals surface area contributed by atoms with E-state index in [9.17, 15) is 4.79 Å². The molecule has 0 aromatic carbocycles. The van der Waals surface area contributed by atoms with Gasteiger partial charge >= 0.3 is 0 Å². The maximum atomic E-state index is 12.5. The van der Waals surface area contributed by atoms with E-state index >= 15 is 0 Å². The number of amides is 1. The number of nitrogens with zero attached hydrogens (tertiary/aromatic N) is 2. The van der Waals surface area contributed by atoms with Gasteiger partial charge in [-0.25, -0.2) is 0 Å². The van der Waals surface area contributed by atoms with Crippen LogP contribution in [0.25, 0.3) is 0 Å². The summed E-state index contributed by atoms with van der Waals surface area (Å²) in [5, 5.41) is 3.54. The van der Waals surface area contributed by atoms with Gasteiger partial charge in [-0.2, -0.15) is 0 Å². The van der Waals surface area contributed by atoms with Gasteiger partial charge in [0.15, 0.2) is 0 Å². The van der Waals surface area contributed by atoms with Crippen molar-refractivity contribution in [3.05, 3.63) is 30.1 Å². The molecule has 1 amide bonds. The molecule has 0 spiro atoms. The van der Waals surface area contributed by atoms with Crippen LogP contribution in [0.1, 0.15) is 31.2 Å². The van der Waals surface area contributed by atoms with Crippen molar-refractivity contribution in [2.75, 3.05) is 13.1 Å². The minimum Gasteiger partial charge on any atom is -0.338 e. The molecule has 19 heavy (non-hydrogen) atoms. The summed E-state index contributed by atoms with van der Waals surface area (Å²) >= 11 is 0. The summed E-state index contributed by atoms with van der Waals surface area (Å²) < 4.78 is 0. The Morgan fingerprint density at radius 3 is 2.89 bits per heavy atom. The maximum absolute atomic E-state index is 12.5. The lowest BCUT2D eigenvalue weighted by Gasteiger charge is -2.29. The van der Waals surface area contributed by atoms with Gasteiger partial charge in [-0.05, 0) is 49.9 Å². The largest absolute Gasteiger partial charge is 0.338 e. The van der Waals surface area contributed by atoms with Crippen LogP contribution in [-0.4, -0.2) is 41.0 Å². The fourth-order valence-electron chi connectivity index (χ4n) is 3.34. The van der Waals surface area contributed by atoms with Crippen molar-refractivity contribution in [1.82, 2.24) is 15.2 Å². The maximum Gasteiger partial charge on any atom is 0.227 e. The number of hydrogen-bond donors (Lipinski definition) is 1. The predicted molar refractivity (Wildman–Crippen MR) is 73.7 cm³/mol. The van der Waals surface area contributed by atoms with Crippen LogP contribution in [0.4, 0.5) is 0 Å². The number of aromatic nitrogens is 1. The summed E-state index contributed by atoms with van der Waals surface area (Å²) in [7, 11) is 0. The number of pyridine rings is 1. The van der Waals surface area contributed by atoms with Crippen molar-refractivity contribution in [3.63, 3.8) is 0 Å². The highest BCUT2D eigenvalue weighted by Crippen LogP contribution is 2.25. The van der Waals surface area contributed by atoms with Gasteiger partial charge in [-0.15, -0.1) is 0 Å². The molecule has 4 nitrogen and oxygen atoms in total. The quantitative estimate of drug-likeness (QED) is 0.891. The predicted octanol–water partition coefficient (Wildman–Crippen LogP) is 1.37. The van der Waals surface area contributed by atoms with Gasteiger partial charge in [-0.1, -0.05) is 0 Å². The lowest BCUT2D eigenvalue weighted by atomic mass is 10.0. The average molecular weight is 259 g/mol. The van der Waals surface area contributed by atoms with Gasteiger partial charge < -0.3 is 10.2 Å². The Morgan fingerprint density at radius 2 is 2.16 bits per heavy atom. The third kappa shape index (κ3) is 2.78. The molecular weight excluding hydrogens is 238 g/mol. The first kappa shape index (κ1) is 12.6. The van der Waals surface area contributed by atoms with Crippen molar-refractivity contribution < 1.29 is 4.79 Å². The van der Waals surface area contributed by atoms with Crippen LogP contribution in [0.5, 0.6) is 0 Å². The first-order chi connectivity index (χ1) is 9.34. The Kier molecular flexibility index (Phi) is 3.78. The number of hydrogen-bond acceptors (Lipinski definition) is 3. The molecule has 0 saturated carbocycles. The Bertz CT molecular complexity index is 428. The second-order valence-corrected chi connectivity index (χ2v) is 5.53. The SMILES string of the molecule is O=C(Cc1ccncc1)N1CCCC1C1CCCN1. The highest BCUT2D eigenvalue weighted by molar-refractivity contribution is 5.79. The fraction of sp³-hybridized carbons (Fsp3) is 0.600. The van der Waals surface area contributed by atoms with Gasteiger partial charge in [0.05, 0.1) is 6.42 Å². The van der Waals surface area contributed by atoms with Crippen LogP contribution in [0.15, 0.2) is 24.5 Å². The first-order valence-electron chi connectivity index (χ1n) is 7.26. The summed E-state index contributed by atoms with van der Waals surface area (Å²) in [6.45, 7) is 2.03. The second kappa shape index (κ2) is 5.70. The summed E-state index contributed by atoms with van der Waals surface area (Å²) in [6, 6.07) is 4.79. The molecule has 102 valence electrons. The lowest BCUT2D eigenvalue weighted by Crippen LogP contribution is -2.47. The van der Waals surface area contributed by atoms with Gasteiger partial charge in [0, 0.05) is 31.0 Å². The third-order valence-corrected chi connectivity index (χ3v) is 4.29. The number of carbonyl (C=O) groups excluding carboxylic acids is 1. The molecule has 1 aromatic heterocycles. The van der Waals surface area contributed by atoms with E-state index in [1.165, 1.54) is 12.8 Å². The molecule has 0 bridgehead atoms. The van der Waals surface area contributed by atoms with Crippen LogP contribution in [0.3, 0.4) is 0 Å². The minimum atomic E-state index is 0.266. The molecule has 0 radical (unpaired) electrons. The molecular formula is C15H21N3O. The molecule has 3 rings (SSSR count). The average Bonchev–Trinajstić information content (AvgIpc) is 3.10. The van der Waals surface area contributed by atoms with Crippen LogP contribution in [0.2, 0.25) is 0 Å². The Morgan fingerprint density at radius 1 is 1.32 bits per heavy atom. The van der Waals surface area contributed by atoms with Crippen molar-refractivity contribution in [2.45, 2.75) is 44.2 Å². The standard InChI is InChI=1S/C15H21N3O/c19-15(11-12-5-8-16-9-6-12)18-10-2-4-14(18)13-3-1-7-17-13/h5-6,8-9,13-14,17H,1-4,7,10-11H2. The Hall–Kier alpha value is -1.42. The summed E-state index contributed by atoms with van der Waals surface area (Å²) in [6.07, 6.45) is 8.76. The lowest BCUT2D eigenvalue weighted by molar-refractivity contribution is -0.131. The number of rotatable bonds is 3. The van der Waals surface area contributed by atoms with Gasteiger partial charge in [0.2, 0.25) is 5.91 Å². The summed E-state index contributed by atoms with van der Waals surface area (Å²) in [5.74, 6) is 0.266. The first-order valence-corrected chi connectivity index (χ1v) is 7.26. The van der Waals surface area contributed by atoms with E-state index in [2.05, 4.69) is 15.2 Å². The third-order valence-electron chi connectivity index (χ3n) is 4.29. The molecule has 2 aliphatic rings. The van der Waals surface area contributed by atoms with Crippen LogP contribution >= 0.6 is 0 Å². The molecule has 1 aromatic rings. The highest BCUT2D eigenvalue weighted by Gasteiger charge is 2.35. The number of carbonyl (C=O) groups is 1. The van der Waals surface area contributed by atoms with E-state index in [4.69, 9.17) is 0 Å². The Labute approximate surface area is 114 Å². The molecule has 4 heteroatoms. The van der Waals surface area contributed by atoms with Crippen molar-refractivity contribution in [2.24, 2.45) is 0 Å². The monoisotopic (exact) mass is 259 g/mol. The zero-order valence-corrected chi connectivity index (χ0v) is 11.2. The van der Waals surface area contributed by atoms with E-state index < -0.39 is 0 Å². The minimum absolute atomic E-state index is 0.266. The molecule has 2 unspecified atom stereocenters. The zero-order chi connectivity index (χ0) is 13.1. The number of nitrogens with one attached hydrogen (secondary N) is 1. The number of likely N-dealkylation sites (tertiary alicyclic amines) is 1. The molecule has 2 fully saturated rings. The molecule has 2 atom stereocenters. The normalized spacial score (nSPS) is 26.8. The van der Waals surface area contributed by atoms with Crippen LogP contribution in [-0.2, 0) is 11.2 Å². The fourth-order valence-corrected chi connectivity index (χ4v) is 3.34. The second-order valence-electron chi connectivity index (χ2n) is 5.53. The van der Waals surface area contributed by atoms with Crippen molar-refractivity contribution in [3.8, 4) is 0 Å². The van der Waals surface area contributed by atoms with Crippen LogP contribution in [0, 0.1) is 0 Å². The molecule has 0 aliphatic carbocycles. The molecule has 1 N–H and O–H groups in total. The highest BCUT2D eigenvalue weighted by atomic mass is 16.2. The molecule has 3 heterocycles. The van der Waals surface area contributed by atoms with Crippen LogP contribution < -0.4 is 5.32 Å². The van der Waals surface area contributed by atoms with E-state index in [1.54, 1.807) is 12.4 Å². The Balaban J connectivity index is 1.65. The topological polar surface area (TPSA) is 45.2 Å². The molecule has 2 saturated heterocycles. The smallest absolute Gasteiger partial charge is 0.227 e. The van der Waals surface area contributed by atoms with Crippen molar-refractivity contribution in [1.29, 1.82) is 0 Å². The van der Waals surface area contributed by atoms with Gasteiger partial charge in [-0.3, -0.25) is 9.78 Å². The van der Waals surface area contributed by atoms with E-state index in [-0.39, 0.29) is 5.91 Å². The van der Waals surface area contributed by atoms with E-state index in [0.29, 0.717) is 18.5 Å². The summed E-state index contributed by atoms with van der Waals surface area (Å²) in [5.41, 5.74) is 1.06. The van der Waals surface area contributed by atoms with Gasteiger partial charge in [0.1, 0.15) is 0 Å². The van der Waals surface area contributed by atoms with E-state index in [0.717, 1.165) is 31.5 Å². The summed E-state index contributed by atoms with van der Waals surface area (Å²) in [4.78, 5) is 18.6. The van der Waals surface area contributed by atoms with Crippen molar-refractivity contribution >= 4 is 5.91 Å². The van der Waals surface area contributed by atoms with E-state index in [1.807, 2.05) is 12.1 Å².